The lowest BCUT2D eigenvalue weighted by Gasteiger charge is -2.07. The lowest BCUT2D eigenvalue weighted by Crippen LogP contribution is -2.37. The topological polar surface area (TPSA) is 119 Å². The van der Waals surface area contributed by atoms with Gasteiger partial charge in [0.25, 0.3) is 0 Å². The third-order valence-corrected chi connectivity index (χ3v) is 4.48. The second-order valence-corrected chi connectivity index (χ2v) is 6.21. The molecule has 1 amide bonds. The van der Waals surface area contributed by atoms with Gasteiger partial charge in [-0.1, -0.05) is 10.7 Å². The Morgan fingerprint density at radius 3 is 2.41 bits per heavy atom. The molecule has 0 saturated heterocycles. The van der Waals surface area contributed by atoms with E-state index in [1.807, 2.05) is 0 Å². The minimum atomic E-state index is -4.32. The fraction of sp³-hybridized carbons (Fsp3) is 0.571. The third kappa shape index (κ3) is 7.85. The Hall–Kier alpha value is -0.970. The van der Waals surface area contributed by atoms with Crippen LogP contribution in [-0.2, 0) is 29.3 Å². The van der Waals surface area contributed by atoms with Crippen molar-refractivity contribution in [3.63, 3.8) is 0 Å². The van der Waals surface area contributed by atoms with E-state index in [0.717, 1.165) is 6.08 Å². The molecule has 0 bridgehead atoms. The highest BCUT2D eigenvalue weighted by atomic mass is 32.3. The zero-order valence-corrected chi connectivity index (χ0v) is 10.8. The summed E-state index contributed by atoms with van der Waals surface area (Å²) in [5.41, 5.74) is 0. The molecule has 0 aromatic heterocycles. The summed E-state index contributed by atoms with van der Waals surface area (Å²) in [6, 6.07) is 0. The maximum Gasteiger partial charge on any atom is 0.349 e. The van der Waals surface area contributed by atoms with Gasteiger partial charge in [-0.3, -0.25) is 8.98 Å². The molecule has 2 N–H and O–H groups in total. The highest BCUT2D eigenvalue weighted by Gasteiger charge is 2.20. The fourth-order valence-electron chi connectivity index (χ4n) is 0.757. The number of carbonyl (C=O) groups is 1. The Balaban J connectivity index is 4.31. The van der Waals surface area contributed by atoms with Crippen LogP contribution >= 0.6 is 0 Å². The molecule has 0 aliphatic carbocycles. The van der Waals surface area contributed by atoms with Crippen LogP contribution < -0.4 is 9.44 Å². The smallest absolute Gasteiger partial charge is 0.349 e. The summed E-state index contributed by atoms with van der Waals surface area (Å²) in [4.78, 5) is 10.7. The molecule has 0 aliphatic heterocycles. The van der Waals surface area contributed by atoms with Gasteiger partial charge in [-0.25, -0.2) is 8.42 Å². The van der Waals surface area contributed by atoms with E-state index in [1.54, 1.807) is 0 Å². The highest BCUT2D eigenvalue weighted by Crippen LogP contribution is 1.92. The SMILES string of the molecule is C=CC(=O)NCCS(=O)(=O)NS(=O)(=O)OCC. The van der Waals surface area contributed by atoms with E-state index in [0.29, 0.717) is 0 Å². The zero-order chi connectivity index (χ0) is 13.5. The fourth-order valence-corrected chi connectivity index (χ4v) is 3.21. The van der Waals surface area contributed by atoms with E-state index < -0.39 is 32.0 Å². The monoisotopic (exact) mass is 286 g/mol. The summed E-state index contributed by atoms with van der Waals surface area (Å²) in [7, 11) is -8.39. The van der Waals surface area contributed by atoms with Gasteiger partial charge in [0, 0.05) is 6.54 Å². The second-order valence-electron chi connectivity index (χ2n) is 2.76. The quantitative estimate of drug-likeness (QED) is 0.524. The van der Waals surface area contributed by atoms with E-state index in [2.05, 4.69) is 16.1 Å². The normalized spacial score (nSPS) is 12.1. The van der Waals surface area contributed by atoms with Gasteiger partial charge < -0.3 is 5.32 Å². The van der Waals surface area contributed by atoms with Gasteiger partial charge >= 0.3 is 10.3 Å². The molecule has 0 aromatic carbocycles. The minimum absolute atomic E-state index is 0.182. The summed E-state index contributed by atoms with van der Waals surface area (Å²) < 4.78 is 50.0. The summed E-state index contributed by atoms with van der Waals surface area (Å²) >= 11 is 0. The maximum absolute atomic E-state index is 11.2. The van der Waals surface area contributed by atoms with E-state index >= 15 is 0 Å². The van der Waals surface area contributed by atoms with Gasteiger partial charge in [0.15, 0.2) is 0 Å². The Bertz CT molecular complexity index is 467. The molecule has 0 heterocycles. The third-order valence-electron chi connectivity index (χ3n) is 1.36. The molecule has 10 heteroatoms. The number of nitrogens with one attached hydrogen (secondary N) is 2. The molecular formula is C7H14N2O6S2. The van der Waals surface area contributed by atoms with Gasteiger partial charge in [0.05, 0.1) is 12.4 Å². The first kappa shape index (κ1) is 16.0. The van der Waals surface area contributed by atoms with Crippen molar-refractivity contribution in [2.24, 2.45) is 0 Å². The molecule has 100 valence electrons. The number of carbonyl (C=O) groups excluding carboxylic acids is 1. The van der Waals surface area contributed by atoms with Gasteiger partial charge in [-0.15, -0.1) is 0 Å². The molecule has 0 radical (unpaired) electrons. The van der Waals surface area contributed by atoms with Crippen molar-refractivity contribution < 1.29 is 25.8 Å². The zero-order valence-electron chi connectivity index (χ0n) is 9.17. The van der Waals surface area contributed by atoms with Crippen LogP contribution in [0, 0.1) is 0 Å². The average Bonchev–Trinajstić information content (AvgIpc) is 2.14. The Labute approximate surface area is 100 Å². The predicted octanol–water partition coefficient (Wildman–Crippen LogP) is -1.51. The van der Waals surface area contributed by atoms with Crippen molar-refractivity contribution in [2.75, 3.05) is 18.9 Å². The summed E-state index contributed by atoms with van der Waals surface area (Å²) in [5, 5.41) is 2.19. The molecule has 8 nitrogen and oxygen atoms in total. The Kier molecular flexibility index (Phi) is 6.31. The second kappa shape index (κ2) is 6.69. The first-order valence-electron chi connectivity index (χ1n) is 4.53. The van der Waals surface area contributed by atoms with Crippen LogP contribution in [0.3, 0.4) is 0 Å². The first-order chi connectivity index (χ1) is 7.72. The van der Waals surface area contributed by atoms with Crippen LogP contribution in [0.2, 0.25) is 0 Å². The molecule has 0 aliphatic rings. The molecule has 17 heavy (non-hydrogen) atoms. The van der Waals surface area contributed by atoms with Crippen molar-refractivity contribution >= 4 is 26.2 Å². The number of sulfonamides is 1. The van der Waals surface area contributed by atoms with Gasteiger partial charge in [0.2, 0.25) is 15.9 Å². The van der Waals surface area contributed by atoms with E-state index in [-0.39, 0.29) is 13.2 Å². The van der Waals surface area contributed by atoms with Gasteiger partial charge in [-0.05, 0) is 13.0 Å². The summed E-state index contributed by atoms with van der Waals surface area (Å²) in [6.45, 7) is 4.15. The highest BCUT2D eigenvalue weighted by molar-refractivity contribution is 8.02. The van der Waals surface area contributed by atoms with Crippen molar-refractivity contribution in [1.82, 2.24) is 9.44 Å². The van der Waals surface area contributed by atoms with Crippen molar-refractivity contribution in [2.45, 2.75) is 6.92 Å². The van der Waals surface area contributed by atoms with Crippen molar-refractivity contribution in [3.8, 4) is 0 Å². The molecule has 0 saturated carbocycles. The van der Waals surface area contributed by atoms with Crippen molar-refractivity contribution in [3.05, 3.63) is 12.7 Å². The molecule has 0 fully saturated rings. The molecule has 0 spiro atoms. The standard InChI is InChI=1S/C7H14N2O6S2/c1-3-7(10)8-5-6-16(11,12)9-17(13,14)15-4-2/h3,9H,1,4-6H2,2H3,(H,8,10). The van der Waals surface area contributed by atoms with Crippen LogP contribution in [0.15, 0.2) is 12.7 Å². The number of amides is 1. The maximum atomic E-state index is 11.2. The predicted molar refractivity (Wildman–Crippen MR) is 60.7 cm³/mol. The van der Waals surface area contributed by atoms with Crippen LogP contribution in [0.5, 0.6) is 0 Å². The van der Waals surface area contributed by atoms with E-state index in [9.17, 15) is 21.6 Å². The lowest BCUT2D eigenvalue weighted by atomic mass is 10.6. The van der Waals surface area contributed by atoms with Crippen LogP contribution in [0.1, 0.15) is 6.92 Å². The average molecular weight is 286 g/mol. The number of hydrogen-bond acceptors (Lipinski definition) is 6. The number of hydrogen-bond donors (Lipinski definition) is 2. The summed E-state index contributed by atoms with van der Waals surface area (Å²) in [5.74, 6) is -1.13. The van der Waals surface area contributed by atoms with Gasteiger partial charge in [0.1, 0.15) is 0 Å². The Morgan fingerprint density at radius 1 is 1.35 bits per heavy atom. The van der Waals surface area contributed by atoms with Crippen LogP contribution in [-0.4, -0.2) is 41.6 Å². The van der Waals surface area contributed by atoms with E-state index in [4.69, 9.17) is 0 Å². The minimum Gasteiger partial charge on any atom is -0.351 e. The van der Waals surface area contributed by atoms with Gasteiger partial charge in [-0.2, -0.15) is 8.42 Å². The summed E-state index contributed by atoms with van der Waals surface area (Å²) in [6.07, 6.45) is 0.969. The first-order valence-corrected chi connectivity index (χ1v) is 7.59. The molecule has 0 aromatic rings. The Morgan fingerprint density at radius 2 is 1.94 bits per heavy atom. The number of rotatable bonds is 8. The molecule has 0 rings (SSSR count). The van der Waals surface area contributed by atoms with Crippen molar-refractivity contribution in [1.29, 1.82) is 0 Å². The largest absolute Gasteiger partial charge is 0.351 e. The lowest BCUT2D eigenvalue weighted by molar-refractivity contribution is -0.116. The van der Waals surface area contributed by atoms with Crippen LogP contribution in [0.25, 0.3) is 0 Å². The molecule has 0 unspecified atom stereocenters. The molecule has 0 atom stereocenters. The van der Waals surface area contributed by atoms with Crippen LogP contribution in [0.4, 0.5) is 0 Å². The van der Waals surface area contributed by atoms with E-state index in [1.165, 1.54) is 11.1 Å². The molecular weight excluding hydrogens is 272 g/mol.